The van der Waals surface area contributed by atoms with E-state index in [-0.39, 0.29) is 10.9 Å². The van der Waals surface area contributed by atoms with Crippen LogP contribution >= 0.6 is 11.3 Å². The molecule has 1 unspecified atom stereocenters. The molecule has 6 heteroatoms. The summed E-state index contributed by atoms with van der Waals surface area (Å²) in [7, 11) is -3.61. The molecule has 2 aromatic rings. The molecule has 21 heavy (non-hydrogen) atoms. The van der Waals surface area contributed by atoms with Crippen LogP contribution in [0, 0.1) is 20.8 Å². The maximum Gasteiger partial charge on any atom is 0.241 e. The third-order valence-corrected chi connectivity index (χ3v) is 6.14. The molecule has 0 saturated heterocycles. The SMILES string of the molecule is Cc1cc(C)c(S(=O)(=O)NC(C)c2ccsc2)c(C)c1N. The van der Waals surface area contributed by atoms with Crippen molar-refractivity contribution in [3.63, 3.8) is 0 Å². The van der Waals surface area contributed by atoms with Crippen molar-refractivity contribution in [3.05, 3.63) is 45.1 Å². The number of anilines is 1. The predicted molar refractivity (Wildman–Crippen MR) is 88.1 cm³/mol. The van der Waals surface area contributed by atoms with Crippen LogP contribution in [0.2, 0.25) is 0 Å². The lowest BCUT2D eigenvalue weighted by Gasteiger charge is -2.18. The van der Waals surface area contributed by atoms with E-state index in [0.717, 1.165) is 11.1 Å². The second kappa shape index (κ2) is 5.79. The summed E-state index contributed by atoms with van der Waals surface area (Å²) in [4.78, 5) is 0.285. The van der Waals surface area contributed by atoms with Crippen molar-refractivity contribution < 1.29 is 8.42 Å². The summed E-state index contributed by atoms with van der Waals surface area (Å²) in [5, 5.41) is 3.87. The van der Waals surface area contributed by atoms with E-state index in [9.17, 15) is 8.42 Å². The molecule has 1 atom stereocenters. The molecule has 2 rings (SSSR count). The normalized spacial score (nSPS) is 13.3. The van der Waals surface area contributed by atoms with Gasteiger partial charge < -0.3 is 5.73 Å². The smallest absolute Gasteiger partial charge is 0.241 e. The Hall–Kier alpha value is -1.37. The molecule has 0 aliphatic heterocycles. The number of hydrogen-bond donors (Lipinski definition) is 2. The molecule has 1 aromatic carbocycles. The fourth-order valence-corrected chi connectivity index (χ4v) is 4.95. The molecular weight excluding hydrogens is 304 g/mol. The number of sulfonamides is 1. The van der Waals surface area contributed by atoms with Crippen molar-refractivity contribution in [3.8, 4) is 0 Å². The molecule has 4 nitrogen and oxygen atoms in total. The van der Waals surface area contributed by atoms with E-state index >= 15 is 0 Å². The maximum absolute atomic E-state index is 12.7. The van der Waals surface area contributed by atoms with Crippen LogP contribution in [0.1, 0.15) is 35.2 Å². The molecule has 114 valence electrons. The number of hydrogen-bond acceptors (Lipinski definition) is 4. The largest absolute Gasteiger partial charge is 0.398 e. The van der Waals surface area contributed by atoms with Crippen LogP contribution in [0.3, 0.4) is 0 Å². The van der Waals surface area contributed by atoms with Gasteiger partial charge in [-0.25, -0.2) is 13.1 Å². The molecular formula is C15H20N2O2S2. The van der Waals surface area contributed by atoms with Crippen molar-refractivity contribution in [2.24, 2.45) is 0 Å². The Kier molecular flexibility index (Phi) is 4.41. The average molecular weight is 324 g/mol. The van der Waals surface area contributed by atoms with Crippen LogP contribution in [0.5, 0.6) is 0 Å². The monoisotopic (exact) mass is 324 g/mol. The number of nitrogens with two attached hydrogens (primary N) is 1. The van der Waals surface area contributed by atoms with Crippen molar-refractivity contribution in [1.29, 1.82) is 0 Å². The zero-order valence-corrected chi connectivity index (χ0v) is 14.2. The minimum atomic E-state index is -3.61. The fourth-order valence-electron chi connectivity index (χ4n) is 2.48. The molecule has 0 aliphatic carbocycles. The summed E-state index contributed by atoms with van der Waals surface area (Å²) in [6, 6.07) is 3.45. The average Bonchev–Trinajstić information content (AvgIpc) is 2.89. The van der Waals surface area contributed by atoms with Gasteiger partial charge in [0.25, 0.3) is 0 Å². The van der Waals surface area contributed by atoms with Crippen molar-refractivity contribution in [2.75, 3.05) is 5.73 Å². The first-order valence-electron chi connectivity index (χ1n) is 6.64. The first-order valence-corrected chi connectivity index (χ1v) is 9.07. The zero-order chi connectivity index (χ0) is 15.8. The van der Waals surface area contributed by atoms with Crippen molar-refractivity contribution in [1.82, 2.24) is 4.72 Å². The highest BCUT2D eigenvalue weighted by Gasteiger charge is 2.24. The predicted octanol–water partition coefficient (Wildman–Crippen LogP) is 3.30. The molecule has 0 bridgehead atoms. The van der Waals surface area contributed by atoms with Crippen molar-refractivity contribution >= 4 is 27.0 Å². The summed E-state index contributed by atoms with van der Waals surface area (Å²) in [6.45, 7) is 7.26. The Morgan fingerprint density at radius 1 is 1.24 bits per heavy atom. The molecule has 1 aromatic heterocycles. The van der Waals surface area contributed by atoms with Crippen LogP contribution < -0.4 is 10.5 Å². The highest BCUT2D eigenvalue weighted by Crippen LogP contribution is 2.29. The van der Waals surface area contributed by atoms with Gasteiger partial charge in [0.1, 0.15) is 0 Å². The molecule has 0 saturated carbocycles. The van der Waals surface area contributed by atoms with Crippen molar-refractivity contribution in [2.45, 2.75) is 38.6 Å². The number of benzene rings is 1. The van der Waals surface area contributed by atoms with E-state index in [2.05, 4.69) is 4.72 Å². The van der Waals surface area contributed by atoms with Crippen LogP contribution in [-0.4, -0.2) is 8.42 Å². The van der Waals surface area contributed by atoms with E-state index in [4.69, 9.17) is 5.73 Å². The third kappa shape index (κ3) is 3.12. The highest BCUT2D eigenvalue weighted by atomic mass is 32.2. The molecule has 3 N–H and O–H groups in total. The van der Waals surface area contributed by atoms with Gasteiger partial charge in [-0.3, -0.25) is 0 Å². The lowest BCUT2D eigenvalue weighted by atomic mass is 10.1. The summed E-state index contributed by atoms with van der Waals surface area (Å²) >= 11 is 1.55. The van der Waals surface area contributed by atoms with Gasteiger partial charge >= 0.3 is 0 Å². The number of nitrogens with one attached hydrogen (secondary N) is 1. The number of rotatable bonds is 4. The van der Waals surface area contributed by atoms with Crippen LogP contribution in [0.25, 0.3) is 0 Å². The van der Waals surface area contributed by atoms with E-state index in [1.54, 1.807) is 25.2 Å². The van der Waals surface area contributed by atoms with E-state index in [0.29, 0.717) is 16.8 Å². The first kappa shape index (κ1) is 16.0. The summed E-state index contributed by atoms with van der Waals surface area (Å²) in [6.07, 6.45) is 0. The summed E-state index contributed by atoms with van der Waals surface area (Å²) < 4.78 is 28.1. The molecule has 1 heterocycles. The fraction of sp³-hybridized carbons (Fsp3) is 0.333. The Labute approximate surface area is 130 Å². The Morgan fingerprint density at radius 3 is 2.48 bits per heavy atom. The molecule has 0 amide bonds. The number of thiophene rings is 1. The van der Waals surface area contributed by atoms with Gasteiger partial charge in [0.15, 0.2) is 0 Å². The van der Waals surface area contributed by atoms with Gasteiger partial charge in [0.2, 0.25) is 10.0 Å². The molecule has 0 fully saturated rings. The van der Waals surface area contributed by atoms with Gasteiger partial charge in [0.05, 0.1) is 4.90 Å². The lowest BCUT2D eigenvalue weighted by molar-refractivity contribution is 0.566. The van der Waals surface area contributed by atoms with Crippen LogP contribution in [-0.2, 0) is 10.0 Å². The van der Waals surface area contributed by atoms with E-state index in [1.165, 1.54) is 0 Å². The van der Waals surface area contributed by atoms with Gasteiger partial charge in [-0.1, -0.05) is 6.07 Å². The first-order chi connectivity index (χ1) is 9.74. The number of nitrogen functional groups attached to an aromatic ring is 1. The quantitative estimate of drug-likeness (QED) is 0.848. The maximum atomic E-state index is 12.7. The van der Waals surface area contributed by atoms with Crippen LogP contribution in [0.4, 0.5) is 5.69 Å². The van der Waals surface area contributed by atoms with E-state index < -0.39 is 10.0 Å². The molecule has 0 spiro atoms. The summed E-state index contributed by atoms with van der Waals surface area (Å²) in [5.74, 6) is 0. The minimum absolute atomic E-state index is 0.275. The van der Waals surface area contributed by atoms with E-state index in [1.807, 2.05) is 36.7 Å². The van der Waals surface area contributed by atoms with Gasteiger partial charge in [-0.2, -0.15) is 11.3 Å². The van der Waals surface area contributed by atoms with Gasteiger partial charge in [0, 0.05) is 11.7 Å². The third-order valence-electron chi connectivity index (χ3n) is 3.60. The number of aryl methyl sites for hydroxylation is 2. The Bertz CT molecular complexity index is 750. The Balaban J connectivity index is 2.43. The summed E-state index contributed by atoms with van der Waals surface area (Å²) in [5.41, 5.74) is 9.69. The standard InChI is InChI=1S/C15H20N2O2S2/c1-9-7-10(2)15(11(3)14(9)16)21(18,19)17-12(4)13-5-6-20-8-13/h5-8,12,17H,16H2,1-4H3. The highest BCUT2D eigenvalue weighted by molar-refractivity contribution is 7.89. The van der Waals surface area contributed by atoms with Gasteiger partial charge in [-0.05, 0) is 66.8 Å². The lowest BCUT2D eigenvalue weighted by Crippen LogP contribution is -2.28. The van der Waals surface area contributed by atoms with Gasteiger partial charge in [-0.15, -0.1) is 0 Å². The molecule has 0 radical (unpaired) electrons. The molecule has 0 aliphatic rings. The van der Waals surface area contributed by atoms with Crippen LogP contribution in [0.15, 0.2) is 27.8 Å². The second-order valence-corrected chi connectivity index (χ2v) is 7.71. The topological polar surface area (TPSA) is 72.2 Å². The minimum Gasteiger partial charge on any atom is -0.398 e. The zero-order valence-electron chi connectivity index (χ0n) is 12.6. The Morgan fingerprint density at radius 2 is 1.90 bits per heavy atom. The second-order valence-electron chi connectivity index (χ2n) is 5.28.